The predicted octanol–water partition coefficient (Wildman–Crippen LogP) is 2.80. The number of nitrogens with two attached hydrogens (primary N) is 1. The van der Waals surface area contributed by atoms with Crippen molar-refractivity contribution >= 4 is 5.95 Å². The van der Waals surface area contributed by atoms with Gasteiger partial charge in [0.05, 0.1) is 12.8 Å². The summed E-state index contributed by atoms with van der Waals surface area (Å²) in [5.41, 5.74) is 6.56. The van der Waals surface area contributed by atoms with Gasteiger partial charge in [0.15, 0.2) is 0 Å². The lowest BCUT2D eigenvalue weighted by atomic mass is 9.98. The molecular weight excluding hydrogens is 240 g/mol. The zero-order chi connectivity index (χ0) is 14.0. The number of imidazole rings is 1. The number of anilines is 1. The van der Waals surface area contributed by atoms with Gasteiger partial charge in [-0.2, -0.15) is 0 Å². The van der Waals surface area contributed by atoms with Gasteiger partial charge in [-0.3, -0.25) is 5.43 Å². The average molecular weight is 260 g/mol. The van der Waals surface area contributed by atoms with Crippen molar-refractivity contribution < 1.29 is 4.74 Å². The molecule has 102 valence electrons. The first kappa shape index (κ1) is 13.4. The fourth-order valence-corrected chi connectivity index (χ4v) is 2.06. The van der Waals surface area contributed by atoms with Gasteiger partial charge in [0.25, 0.3) is 0 Å². The van der Waals surface area contributed by atoms with E-state index < -0.39 is 0 Å². The number of benzene rings is 1. The molecule has 0 aliphatic heterocycles. The van der Waals surface area contributed by atoms with Gasteiger partial charge in [-0.15, -0.1) is 0 Å². The molecule has 4 N–H and O–H groups in total. The molecule has 1 heterocycles. The van der Waals surface area contributed by atoms with Crippen LogP contribution in [-0.2, 0) is 0 Å². The number of rotatable bonds is 4. The van der Waals surface area contributed by atoms with Crippen molar-refractivity contribution in [1.82, 2.24) is 9.97 Å². The van der Waals surface area contributed by atoms with E-state index in [1.807, 2.05) is 13.0 Å². The van der Waals surface area contributed by atoms with E-state index >= 15 is 0 Å². The normalized spacial score (nSPS) is 10.8. The molecule has 19 heavy (non-hydrogen) atoms. The maximum absolute atomic E-state index is 5.43. The van der Waals surface area contributed by atoms with Crippen LogP contribution in [0.5, 0.6) is 5.75 Å². The highest BCUT2D eigenvalue weighted by atomic mass is 16.5. The number of hydrogen-bond donors (Lipinski definition) is 3. The number of nitrogens with one attached hydrogen (secondary N) is 2. The Bertz CT molecular complexity index is 575. The van der Waals surface area contributed by atoms with E-state index in [4.69, 9.17) is 10.6 Å². The molecule has 2 rings (SSSR count). The van der Waals surface area contributed by atoms with Crippen LogP contribution in [0.15, 0.2) is 18.2 Å². The maximum Gasteiger partial charge on any atom is 0.215 e. The van der Waals surface area contributed by atoms with Crippen molar-refractivity contribution in [1.29, 1.82) is 0 Å². The molecule has 0 radical (unpaired) electrons. The van der Waals surface area contributed by atoms with Gasteiger partial charge in [-0.1, -0.05) is 19.9 Å². The predicted molar refractivity (Wildman–Crippen MR) is 77.2 cm³/mol. The second-order valence-corrected chi connectivity index (χ2v) is 4.82. The number of H-pyrrole nitrogens is 1. The Kier molecular flexibility index (Phi) is 3.76. The Hall–Kier alpha value is -2.01. The zero-order valence-electron chi connectivity index (χ0n) is 11.7. The number of hydrogen-bond acceptors (Lipinski definition) is 4. The molecule has 0 saturated carbocycles. The Morgan fingerprint density at radius 1 is 1.37 bits per heavy atom. The van der Waals surface area contributed by atoms with Crippen LogP contribution in [0.1, 0.15) is 31.0 Å². The number of nitrogens with zero attached hydrogens (tertiary/aromatic N) is 1. The lowest BCUT2D eigenvalue weighted by Gasteiger charge is -2.12. The molecule has 2 aromatic rings. The summed E-state index contributed by atoms with van der Waals surface area (Å²) in [5.74, 6) is 7.19. The highest BCUT2D eigenvalue weighted by Gasteiger charge is 2.14. The second kappa shape index (κ2) is 5.32. The molecule has 0 bridgehead atoms. The maximum atomic E-state index is 5.43. The van der Waals surface area contributed by atoms with Crippen molar-refractivity contribution in [3.05, 3.63) is 29.5 Å². The third-order valence-electron chi connectivity index (χ3n) is 3.17. The molecule has 0 aliphatic rings. The quantitative estimate of drug-likeness (QED) is 0.583. The lowest BCUT2D eigenvalue weighted by Crippen LogP contribution is -2.07. The molecule has 0 amide bonds. The summed E-state index contributed by atoms with van der Waals surface area (Å²) in [6, 6.07) is 6.18. The molecular formula is C14H20N4O. The van der Waals surface area contributed by atoms with Crippen molar-refractivity contribution in [3.63, 3.8) is 0 Å². The summed E-state index contributed by atoms with van der Waals surface area (Å²) >= 11 is 0. The Morgan fingerprint density at radius 3 is 2.63 bits per heavy atom. The molecule has 5 heteroatoms. The summed E-state index contributed by atoms with van der Waals surface area (Å²) in [4.78, 5) is 7.53. The monoisotopic (exact) mass is 260 g/mol. The van der Waals surface area contributed by atoms with Gasteiger partial charge in [-0.25, -0.2) is 10.8 Å². The summed E-state index contributed by atoms with van der Waals surface area (Å²) in [5, 5.41) is 0. The third kappa shape index (κ3) is 2.56. The average Bonchev–Trinajstić information content (AvgIpc) is 2.79. The minimum atomic E-state index is 0.455. The largest absolute Gasteiger partial charge is 0.496 e. The SMILES string of the molecule is COc1ccc(C(C)C)cc1-c1nc(NN)[nH]c1C. The number of nitrogen functional groups attached to an aromatic ring is 1. The van der Waals surface area contributed by atoms with E-state index in [0.29, 0.717) is 11.9 Å². The Morgan fingerprint density at radius 2 is 2.11 bits per heavy atom. The molecule has 0 spiro atoms. The topological polar surface area (TPSA) is 76.0 Å². The Labute approximate surface area is 113 Å². The number of aryl methyl sites for hydroxylation is 1. The summed E-state index contributed by atoms with van der Waals surface area (Å²) in [7, 11) is 1.66. The number of methoxy groups -OCH3 is 1. The van der Waals surface area contributed by atoms with Crippen molar-refractivity contribution in [2.75, 3.05) is 12.5 Å². The van der Waals surface area contributed by atoms with Gasteiger partial charge in [0.1, 0.15) is 5.75 Å². The van der Waals surface area contributed by atoms with Crippen LogP contribution in [0.2, 0.25) is 0 Å². The molecule has 0 saturated heterocycles. The Balaban J connectivity index is 2.57. The first-order valence-corrected chi connectivity index (χ1v) is 6.28. The van der Waals surface area contributed by atoms with E-state index in [9.17, 15) is 0 Å². The first-order chi connectivity index (χ1) is 9.06. The van der Waals surface area contributed by atoms with E-state index in [1.165, 1.54) is 5.56 Å². The highest BCUT2D eigenvalue weighted by Crippen LogP contribution is 2.34. The van der Waals surface area contributed by atoms with Crippen LogP contribution in [0, 0.1) is 6.92 Å². The van der Waals surface area contributed by atoms with Crippen LogP contribution in [0.4, 0.5) is 5.95 Å². The smallest absolute Gasteiger partial charge is 0.215 e. The number of aromatic nitrogens is 2. The van der Waals surface area contributed by atoms with Crippen LogP contribution in [-0.4, -0.2) is 17.1 Å². The number of aromatic amines is 1. The van der Waals surface area contributed by atoms with E-state index in [0.717, 1.165) is 22.7 Å². The first-order valence-electron chi connectivity index (χ1n) is 6.28. The summed E-state index contributed by atoms with van der Waals surface area (Å²) in [6.45, 7) is 6.29. The number of hydrazine groups is 1. The molecule has 0 atom stereocenters. The molecule has 0 unspecified atom stereocenters. The summed E-state index contributed by atoms with van der Waals surface area (Å²) < 4.78 is 5.43. The van der Waals surface area contributed by atoms with E-state index in [-0.39, 0.29) is 0 Å². The van der Waals surface area contributed by atoms with Gasteiger partial charge in [0.2, 0.25) is 5.95 Å². The molecule has 0 fully saturated rings. The third-order valence-corrected chi connectivity index (χ3v) is 3.17. The van der Waals surface area contributed by atoms with Crippen LogP contribution >= 0.6 is 0 Å². The van der Waals surface area contributed by atoms with Crippen molar-refractivity contribution in [2.45, 2.75) is 26.7 Å². The fourth-order valence-electron chi connectivity index (χ4n) is 2.06. The molecule has 5 nitrogen and oxygen atoms in total. The minimum absolute atomic E-state index is 0.455. The molecule has 0 aliphatic carbocycles. The van der Waals surface area contributed by atoms with Gasteiger partial charge in [0, 0.05) is 11.3 Å². The van der Waals surface area contributed by atoms with Crippen LogP contribution in [0.3, 0.4) is 0 Å². The lowest BCUT2D eigenvalue weighted by molar-refractivity contribution is 0.416. The second-order valence-electron chi connectivity index (χ2n) is 4.82. The van der Waals surface area contributed by atoms with Gasteiger partial charge in [-0.05, 0) is 30.5 Å². The minimum Gasteiger partial charge on any atom is -0.496 e. The zero-order valence-corrected chi connectivity index (χ0v) is 11.7. The van der Waals surface area contributed by atoms with Crippen LogP contribution < -0.4 is 16.0 Å². The summed E-state index contributed by atoms with van der Waals surface area (Å²) in [6.07, 6.45) is 0. The standard InChI is InChI=1S/C14H20N4O/c1-8(2)10-5-6-12(19-4)11(7-10)13-9(3)16-14(17-13)18-15/h5-8H,15H2,1-4H3,(H2,16,17,18). The highest BCUT2D eigenvalue weighted by molar-refractivity contribution is 5.71. The van der Waals surface area contributed by atoms with Crippen molar-refractivity contribution in [2.24, 2.45) is 5.84 Å². The molecule has 1 aromatic heterocycles. The van der Waals surface area contributed by atoms with Gasteiger partial charge < -0.3 is 9.72 Å². The number of ether oxygens (including phenoxy) is 1. The molecule has 1 aromatic carbocycles. The van der Waals surface area contributed by atoms with E-state index in [2.05, 4.69) is 41.4 Å². The van der Waals surface area contributed by atoms with Gasteiger partial charge >= 0.3 is 0 Å². The van der Waals surface area contributed by atoms with Crippen LogP contribution in [0.25, 0.3) is 11.3 Å². The van der Waals surface area contributed by atoms with Crippen molar-refractivity contribution in [3.8, 4) is 17.0 Å². The van der Waals surface area contributed by atoms with E-state index in [1.54, 1.807) is 7.11 Å². The fraction of sp³-hybridized carbons (Fsp3) is 0.357.